The van der Waals surface area contributed by atoms with Crippen molar-refractivity contribution < 1.29 is 4.74 Å². The zero-order valence-corrected chi connectivity index (χ0v) is 15.6. The molecule has 0 spiro atoms. The second-order valence-electron chi connectivity index (χ2n) is 6.63. The molecule has 3 aromatic rings. The number of hydrogen-bond donors (Lipinski definition) is 1. The topological polar surface area (TPSA) is 48.3 Å². The van der Waals surface area contributed by atoms with Gasteiger partial charge in [0.2, 0.25) is 0 Å². The lowest BCUT2D eigenvalue weighted by Gasteiger charge is -2.29. The van der Waals surface area contributed by atoms with Gasteiger partial charge in [0.25, 0.3) is 0 Å². The van der Waals surface area contributed by atoms with E-state index in [1.807, 2.05) is 77.8 Å². The van der Waals surface area contributed by atoms with Crippen LogP contribution in [0.15, 0.2) is 91.0 Å². The van der Waals surface area contributed by atoms with E-state index < -0.39 is 6.04 Å². The van der Waals surface area contributed by atoms with E-state index in [1.165, 1.54) is 0 Å². The van der Waals surface area contributed by atoms with Gasteiger partial charge < -0.3 is 10.2 Å². The molecule has 1 heterocycles. The molecular weight excluding hydrogens is 346 g/mol. The first-order chi connectivity index (χ1) is 13.8. The third kappa shape index (κ3) is 3.48. The first-order valence-corrected chi connectivity index (χ1v) is 9.21. The summed E-state index contributed by atoms with van der Waals surface area (Å²) in [6.07, 6.45) is 2.17. The number of methoxy groups -OCH3 is 1. The Kier molecular flexibility index (Phi) is 5.09. The fourth-order valence-electron chi connectivity index (χ4n) is 3.48. The molecule has 0 aliphatic carbocycles. The predicted octanol–water partition coefficient (Wildman–Crippen LogP) is 4.86. The molecule has 4 heteroatoms. The summed E-state index contributed by atoms with van der Waals surface area (Å²) in [6, 6.07) is 30.0. The summed E-state index contributed by atoms with van der Waals surface area (Å²) in [7, 11) is 1.66. The van der Waals surface area contributed by atoms with Crippen molar-refractivity contribution in [2.75, 3.05) is 7.11 Å². The Hall–Kier alpha value is -3.55. The molecule has 0 saturated heterocycles. The molecule has 0 aromatic heterocycles. The van der Waals surface area contributed by atoms with Crippen molar-refractivity contribution >= 4 is 5.70 Å². The number of nitrogens with one attached hydrogen (secondary N) is 1. The summed E-state index contributed by atoms with van der Waals surface area (Å²) < 4.78 is 5.26. The van der Waals surface area contributed by atoms with Crippen molar-refractivity contribution in [2.45, 2.75) is 12.1 Å². The second-order valence-corrected chi connectivity index (χ2v) is 6.63. The molecule has 4 rings (SSSR count). The van der Waals surface area contributed by atoms with Crippen LogP contribution in [0.2, 0.25) is 0 Å². The summed E-state index contributed by atoms with van der Waals surface area (Å²) in [6.45, 7) is 0. The van der Waals surface area contributed by atoms with Crippen molar-refractivity contribution in [2.24, 2.45) is 0 Å². The van der Waals surface area contributed by atoms with E-state index in [9.17, 15) is 5.26 Å². The lowest BCUT2D eigenvalue weighted by Crippen LogP contribution is -2.37. The number of rotatable bonds is 5. The fraction of sp³-hybridized carbons (Fsp3) is 0.125. The van der Waals surface area contributed by atoms with Gasteiger partial charge in [-0.2, -0.15) is 10.3 Å². The van der Waals surface area contributed by atoms with Crippen LogP contribution in [0.3, 0.4) is 0 Å². The zero-order chi connectivity index (χ0) is 19.3. The number of ether oxygens (including phenoxy) is 1. The van der Waals surface area contributed by atoms with E-state index >= 15 is 0 Å². The van der Waals surface area contributed by atoms with E-state index in [4.69, 9.17) is 4.74 Å². The largest absolute Gasteiger partial charge is 0.497 e. The van der Waals surface area contributed by atoms with E-state index in [0.717, 1.165) is 28.1 Å². The molecule has 0 unspecified atom stereocenters. The SMILES string of the molecule is COc1ccc(C2=C[C@H](c3ccccc3)N([C@H](C#N)c3ccccc3)N2)cc1. The Bertz CT molecular complexity index is 992. The molecule has 1 aliphatic heterocycles. The normalized spacial score (nSPS) is 17.3. The lowest BCUT2D eigenvalue weighted by atomic mass is 10.0. The van der Waals surface area contributed by atoms with Crippen molar-refractivity contribution in [3.05, 3.63) is 108 Å². The third-order valence-electron chi connectivity index (χ3n) is 4.93. The minimum Gasteiger partial charge on any atom is -0.497 e. The molecule has 4 nitrogen and oxygen atoms in total. The van der Waals surface area contributed by atoms with Gasteiger partial charge in [0.1, 0.15) is 11.8 Å². The van der Waals surface area contributed by atoms with Gasteiger partial charge in [-0.1, -0.05) is 60.7 Å². The summed E-state index contributed by atoms with van der Waals surface area (Å²) in [5.74, 6) is 0.818. The first kappa shape index (κ1) is 17.8. The number of nitrogens with zero attached hydrogens (tertiary/aromatic N) is 2. The summed E-state index contributed by atoms with van der Waals surface area (Å²) in [4.78, 5) is 0. The van der Waals surface area contributed by atoms with Crippen LogP contribution in [-0.4, -0.2) is 12.1 Å². The fourth-order valence-corrected chi connectivity index (χ4v) is 3.48. The van der Waals surface area contributed by atoms with E-state index in [2.05, 4.69) is 29.7 Å². The maximum Gasteiger partial charge on any atom is 0.142 e. The van der Waals surface area contributed by atoms with Crippen LogP contribution in [0.1, 0.15) is 28.8 Å². The van der Waals surface area contributed by atoms with Crippen LogP contribution in [0.25, 0.3) is 5.70 Å². The van der Waals surface area contributed by atoms with E-state index in [1.54, 1.807) is 7.11 Å². The average Bonchev–Trinajstić information content (AvgIpc) is 3.21. The van der Waals surface area contributed by atoms with Crippen LogP contribution in [0.4, 0.5) is 0 Å². The molecule has 0 radical (unpaired) electrons. The first-order valence-electron chi connectivity index (χ1n) is 9.21. The summed E-state index contributed by atoms with van der Waals surface area (Å²) >= 11 is 0. The number of hydrazine groups is 1. The van der Waals surface area contributed by atoms with Crippen molar-refractivity contribution in [1.29, 1.82) is 5.26 Å². The number of nitriles is 1. The predicted molar refractivity (Wildman–Crippen MR) is 110 cm³/mol. The van der Waals surface area contributed by atoms with E-state index in [0.29, 0.717) is 0 Å². The molecule has 3 aromatic carbocycles. The zero-order valence-electron chi connectivity index (χ0n) is 15.6. The van der Waals surface area contributed by atoms with Crippen LogP contribution < -0.4 is 10.2 Å². The van der Waals surface area contributed by atoms with Gasteiger partial charge in [-0.25, -0.2) is 0 Å². The van der Waals surface area contributed by atoms with Gasteiger partial charge in [-0.3, -0.25) is 0 Å². The van der Waals surface area contributed by atoms with Crippen LogP contribution in [-0.2, 0) is 0 Å². The summed E-state index contributed by atoms with van der Waals surface area (Å²) in [5.41, 5.74) is 7.60. The molecule has 0 fully saturated rings. The van der Waals surface area contributed by atoms with Crippen LogP contribution in [0, 0.1) is 11.3 Å². The Morgan fingerprint density at radius 3 is 2.18 bits per heavy atom. The molecule has 0 saturated carbocycles. The molecular formula is C24H21N3O. The standard InChI is InChI=1S/C24H21N3O/c1-28-21-14-12-18(13-15-21)22-16-23(19-8-4-2-5-9-19)27(26-22)24(17-25)20-10-6-3-7-11-20/h2-16,23-24,26H,1H3/t23-,24-/m1/s1. The van der Waals surface area contributed by atoms with Gasteiger partial charge in [0.15, 0.2) is 0 Å². The smallest absolute Gasteiger partial charge is 0.142 e. The minimum absolute atomic E-state index is 0.0526. The van der Waals surface area contributed by atoms with E-state index in [-0.39, 0.29) is 6.04 Å². The average molecular weight is 367 g/mol. The lowest BCUT2D eigenvalue weighted by molar-refractivity contribution is 0.169. The molecule has 28 heavy (non-hydrogen) atoms. The number of hydrogen-bond acceptors (Lipinski definition) is 4. The maximum atomic E-state index is 9.96. The van der Waals surface area contributed by atoms with Gasteiger partial charge in [-0.15, -0.1) is 0 Å². The Morgan fingerprint density at radius 1 is 0.929 bits per heavy atom. The van der Waals surface area contributed by atoms with Crippen LogP contribution >= 0.6 is 0 Å². The molecule has 1 aliphatic rings. The highest BCUT2D eigenvalue weighted by Gasteiger charge is 2.33. The number of benzene rings is 3. The molecule has 2 atom stereocenters. The highest BCUT2D eigenvalue weighted by atomic mass is 16.5. The molecule has 138 valence electrons. The Morgan fingerprint density at radius 2 is 1.57 bits per heavy atom. The van der Waals surface area contributed by atoms with Crippen LogP contribution in [0.5, 0.6) is 5.75 Å². The molecule has 1 N–H and O–H groups in total. The van der Waals surface area contributed by atoms with Crippen molar-refractivity contribution in [1.82, 2.24) is 10.4 Å². The highest BCUT2D eigenvalue weighted by Crippen LogP contribution is 2.37. The van der Waals surface area contributed by atoms with Gasteiger partial charge in [0, 0.05) is 0 Å². The quantitative estimate of drug-likeness (QED) is 0.699. The van der Waals surface area contributed by atoms with Gasteiger partial charge in [0.05, 0.1) is 24.9 Å². The summed E-state index contributed by atoms with van der Waals surface area (Å²) in [5, 5.41) is 12.0. The molecule has 0 amide bonds. The monoisotopic (exact) mass is 367 g/mol. The third-order valence-corrected chi connectivity index (χ3v) is 4.93. The minimum atomic E-state index is -0.418. The Balaban J connectivity index is 1.72. The maximum absolute atomic E-state index is 9.96. The van der Waals surface area contributed by atoms with Crippen molar-refractivity contribution in [3.63, 3.8) is 0 Å². The Labute approximate surface area is 165 Å². The highest BCUT2D eigenvalue weighted by molar-refractivity contribution is 5.67. The second kappa shape index (κ2) is 7.99. The molecule has 0 bridgehead atoms. The van der Waals surface area contributed by atoms with Gasteiger partial charge in [-0.05, 0) is 47.0 Å². The van der Waals surface area contributed by atoms with Crippen molar-refractivity contribution in [3.8, 4) is 11.8 Å². The van der Waals surface area contributed by atoms with Gasteiger partial charge >= 0.3 is 0 Å².